The first-order valence-corrected chi connectivity index (χ1v) is 10.6. The fourth-order valence-electron chi connectivity index (χ4n) is 3.47. The highest BCUT2D eigenvalue weighted by Gasteiger charge is 2.48. The molecule has 0 aromatic heterocycles. The maximum Gasteiger partial charge on any atom is 0.416 e. The van der Waals surface area contributed by atoms with Crippen LogP contribution in [0, 0.1) is 24.7 Å². The molecular weight excluding hydrogens is 437 g/mol. The van der Waals surface area contributed by atoms with Crippen molar-refractivity contribution in [3.63, 3.8) is 0 Å². The number of carboxylic acids is 1. The summed E-state index contributed by atoms with van der Waals surface area (Å²) in [4.78, 5) is 19.6. The summed E-state index contributed by atoms with van der Waals surface area (Å²) >= 11 is 0. The molecule has 1 aromatic rings. The van der Waals surface area contributed by atoms with Crippen molar-refractivity contribution < 1.29 is 37.6 Å². The molecule has 0 amide bonds. The van der Waals surface area contributed by atoms with Gasteiger partial charge in [0.2, 0.25) is 0 Å². The molecule has 1 aliphatic heterocycles. The maximum absolute atomic E-state index is 12.7. The van der Waals surface area contributed by atoms with Gasteiger partial charge in [-0.05, 0) is 31.0 Å². The van der Waals surface area contributed by atoms with Crippen molar-refractivity contribution in [2.24, 2.45) is 11.8 Å². The third-order valence-electron chi connectivity index (χ3n) is 4.68. The molecule has 1 aliphatic carbocycles. The number of rotatable bonds is 7. The van der Waals surface area contributed by atoms with Gasteiger partial charge in [-0.25, -0.2) is 9.78 Å². The quantitative estimate of drug-likeness (QED) is 0.219. The molecule has 1 N–H and O–H groups in total. The lowest BCUT2D eigenvalue weighted by atomic mass is 9.89. The maximum atomic E-state index is 12.7. The SMILES string of the molecule is C#C.C=CC[C@@H]1C(/C=C/CCOc2cccc(C(F)(F)F)c2)[C@H]2C[C@@H]1OO2.CC.CC(=O)O. The van der Waals surface area contributed by atoms with Crippen molar-refractivity contribution in [2.75, 3.05) is 6.61 Å². The molecule has 33 heavy (non-hydrogen) atoms. The third kappa shape index (κ3) is 10.6. The number of hydrogen-bond donors (Lipinski definition) is 1. The summed E-state index contributed by atoms with van der Waals surface area (Å²) in [6.45, 7) is 9.19. The van der Waals surface area contributed by atoms with Crippen LogP contribution in [0.15, 0.2) is 49.1 Å². The number of terminal acetylenes is 1. The summed E-state index contributed by atoms with van der Waals surface area (Å²) < 4.78 is 43.4. The first-order chi connectivity index (χ1) is 15.7. The summed E-state index contributed by atoms with van der Waals surface area (Å²) in [5.74, 6) is 0.0478. The second-order valence-corrected chi connectivity index (χ2v) is 6.88. The highest BCUT2D eigenvalue weighted by atomic mass is 19.4. The van der Waals surface area contributed by atoms with E-state index in [0.29, 0.717) is 18.9 Å². The van der Waals surface area contributed by atoms with Crippen LogP contribution in [0.5, 0.6) is 5.75 Å². The predicted molar refractivity (Wildman–Crippen MR) is 121 cm³/mol. The number of benzene rings is 1. The fourth-order valence-corrected chi connectivity index (χ4v) is 3.47. The molecule has 0 spiro atoms. The zero-order valence-corrected chi connectivity index (χ0v) is 19.3. The molecule has 184 valence electrons. The van der Waals surface area contributed by atoms with E-state index >= 15 is 0 Å². The van der Waals surface area contributed by atoms with Crippen LogP contribution in [0.3, 0.4) is 0 Å². The number of carbonyl (C=O) groups is 1. The molecule has 4 atom stereocenters. The van der Waals surface area contributed by atoms with Crippen molar-refractivity contribution in [2.45, 2.75) is 58.4 Å². The lowest BCUT2D eigenvalue weighted by Crippen LogP contribution is -2.28. The summed E-state index contributed by atoms with van der Waals surface area (Å²) in [5, 5.41) is 7.42. The van der Waals surface area contributed by atoms with Gasteiger partial charge in [0.15, 0.2) is 0 Å². The zero-order valence-electron chi connectivity index (χ0n) is 19.3. The average Bonchev–Trinajstić information content (AvgIpc) is 3.38. The highest BCUT2D eigenvalue weighted by Crippen LogP contribution is 2.44. The second-order valence-electron chi connectivity index (χ2n) is 6.88. The Morgan fingerprint density at radius 3 is 2.45 bits per heavy atom. The lowest BCUT2D eigenvalue weighted by Gasteiger charge is -2.27. The first-order valence-electron chi connectivity index (χ1n) is 10.6. The van der Waals surface area contributed by atoms with E-state index in [9.17, 15) is 13.2 Å². The Morgan fingerprint density at radius 1 is 1.27 bits per heavy atom. The van der Waals surface area contributed by atoms with Gasteiger partial charge in [-0.3, -0.25) is 4.79 Å². The normalized spacial score (nSPS) is 22.7. The minimum absolute atomic E-state index is 0.0792. The molecule has 1 aromatic carbocycles. The van der Waals surface area contributed by atoms with Crippen molar-refractivity contribution in [3.05, 3.63) is 54.6 Å². The topological polar surface area (TPSA) is 65.0 Å². The molecule has 1 heterocycles. The van der Waals surface area contributed by atoms with E-state index in [1.807, 2.05) is 26.0 Å². The molecule has 0 radical (unpaired) electrons. The largest absolute Gasteiger partial charge is 0.493 e. The Balaban J connectivity index is 0.00000113. The van der Waals surface area contributed by atoms with E-state index in [4.69, 9.17) is 24.4 Å². The number of alkyl halides is 3. The van der Waals surface area contributed by atoms with Crippen LogP contribution in [0.4, 0.5) is 13.2 Å². The van der Waals surface area contributed by atoms with Crippen LogP contribution < -0.4 is 4.74 Å². The van der Waals surface area contributed by atoms with Gasteiger partial charge in [-0.2, -0.15) is 13.2 Å². The van der Waals surface area contributed by atoms with Crippen LogP contribution in [-0.4, -0.2) is 29.9 Å². The van der Waals surface area contributed by atoms with Crippen molar-refractivity contribution in [3.8, 4) is 18.6 Å². The van der Waals surface area contributed by atoms with E-state index in [1.165, 1.54) is 12.1 Å². The summed E-state index contributed by atoms with van der Waals surface area (Å²) in [7, 11) is 0. The minimum Gasteiger partial charge on any atom is -0.493 e. The second kappa shape index (κ2) is 15.9. The summed E-state index contributed by atoms with van der Waals surface area (Å²) in [6, 6.07) is 4.93. The highest BCUT2D eigenvalue weighted by molar-refractivity contribution is 5.62. The standard InChI is InChI=1S/C19H21F3O3.C2H4O2.C2H6.C2H2/c1-2-6-15-16(18-12-17(15)24-25-18)9-3-4-10-23-14-8-5-7-13(11-14)19(20,21)22;1-2(3)4;2*1-2/h2-3,5,7-9,11,15-18H,1,4,6,10,12H2;1H3,(H,3,4);1-2H3;1-2H/b9-3+;;;/t15-,16?,17+,18-;;;/m1.../s1. The van der Waals surface area contributed by atoms with Crippen molar-refractivity contribution in [1.82, 2.24) is 0 Å². The van der Waals surface area contributed by atoms with E-state index in [0.717, 1.165) is 31.9 Å². The van der Waals surface area contributed by atoms with Crippen molar-refractivity contribution >= 4 is 5.97 Å². The monoisotopic (exact) mass is 470 g/mol. The van der Waals surface area contributed by atoms with Gasteiger partial charge in [-0.15, -0.1) is 19.4 Å². The Bertz CT molecular complexity index is 754. The van der Waals surface area contributed by atoms with Crippen LogP contribution in [0.2, 0.25) is 0 Å². The van der Waals surface area contributed by atoms with E-state index in [-0.39, 0.29) is 23.9 Å². The van der Waals surface area contributed by atoms with Gasteiger partial charge in [0, 0.05) is 25.2 Å². The number of allylic oxidation sites excluding steroid dienone is 1. The molecule has 1 saturated heterocycles. The van der Waals surface area contributed by atoms with Crippen LogP contribution in [0.25, 0.3) is 0 Å². The smallest absolute Gasteiger partial charge is 0.416 e. The minimum atomic E-state index is -4.36. The molecule has 1 unspecified atom stereocenters. The van der Waals surface area contributed by atoms with Gasteiger partial charge < -0.3 is 9.84 Å². The van der Waals surface area contributed by atoms with E-state index in [1.54, 1.807) is 0 Å². The van der Waals surface area contributed by atoms with Crippen molar-refractivity contribution in [1.29, 1.82) is 0 Å². The Labute approximate surface area is 194 Å². The molecular formula is C25H33F3O5. The van der Waals surface area contributed by atoms with Gasteiger partial charge in [0.05, 0.1) is 18.3 Å². The molecule has 2 aliphatic rings. The zero-order chi connectivity index (χ0) is 25.4. The number of halogens is 3. The van der Waals surface area contributed by atoms with Crippen LogP contribution in [0.1, 0.15) is 45.6 Å². The van der Waals surface area contributed by atoms with E-state index < -0.39 is 17.7 Å². The van der Waals surface area contributed by atoms with Gasteiger partial charge >= 0.3 is 6.18 Å². The molecule has 3 rings (SSSR count). The lowest BCUT2D eigenvalue weighted by molar-refractivity contribution is -0.336. The number of aliphatic carboxylic acids is 1. The third-order valence-corrected chi connectivity index (χ3v) is 4.68. The predicted octanol–water partition coefficient (Wildman–Crippen LogP) is 6.31. The number of carboxylic acid groups (broad SMARTS) is 1. The van der Waals surface area contributed by atoms with Gasteiger partial charge in [0.1, 0.15) is 11.9 Å². The molecule has 1 saturated carbocycles. The summed E-state index contributed by atoms with van der Waals surface area (Å²) in [6.07, 6.45) is 12.2. The molecule has 8 heteroatoms. The molecule has 5 nitrogen and oxygen atoms in total. The van der Waals surface area contributed by atoms with E-state index in [2.05, 4.69) is 25.5 Å². The Hall–Kier alpha value is -2.76. The van der Waals surface area contributed by atoms with Crippen LogP contribution >= 0.6 is 0 Å². The van der Waals surface area contributed by atoms with Crippen LogP contribution in [-0.2, 0) is 20.7 Å². The fraction of sp³-hybridized carbons (Fsp3) is 0.480. The summed E-state index contributed by atoms with van der Waals surface area (Å²) in [5.41, 5.74) is -0.702. The van der Waals surface area contributed by atoms with Gasteiger partial charge in [-0.1, -0.05) is 38.1 Å². The molecule has 2 bridgehead atoms. The molecule has 2 fully saturated rings. The number of hydrogen-bond acceptors (Lipinski definition) is 4. The number of ether oxygens (including phenoxy) is 1. The average molecular weight is 471 g/mol. The Morgan fingerprint density at radius 2 is 1.88 bits per heavy atom. The first kappa shape index (κ1) is 30.2. The number of fused-ring (bicyclic) bond motifs is 2. The van der Waals surface area contributed by atoms with Gasteiger partial charge in [0.25, 0.3) is 5.97 Å². The Kier molecular flexibility index (Phi) is 14.6.